The quantitative estimate of drug-likeness (QED) is 0.895. The molecule has 1 aliphatic rings. The van der Waals surface area contributed by atoms with E-state index in [4.69, 9.17) is 5.73 Å². The van der Waals surface area contributed by atoms with Crippen LogP contribution in [0.15, 0.2) is 23.1 Å². The summed E-state index contributed by atoms with van der Waals surface area (Å²) in [5, 5.41) is 2.98. The summed E-state index contributed by atoms with van der Waals surface area (Å²) in [6.45, 7) is 3.62. The van der Waals surface area contributed by atoms with E-state index in [1.165, 1.54) is 12.1 Å². The Balaban J connectivity index is 2.15. The molecule has 19 heavy (non-hydrogen) atoms. The second kappa shape index (κ2) is 5.92. The van der Waals surface area contributed by atoms with E-state index in [0.717, 1.165) is 22.6 Å². The first-order valence-corrected chi connectivity index (χ1v) is 7.46. The van der Waals surface area contributed by atoms with Gasteiger partial charge in [-0.05, 0) is 37.1 Å². The van der Waals surface area contributed by atoms with Crippen LogP contribution in [0, 0.1) is 11.7 Å². The monoisotopic (exact) mass is 282 g/mol. The van der Waals surface area contributed by atoms with Crippen molar-refractivity contribution in [2.45, 2.75) is 37.2 Å². The van der Waals surface area contributed by atoms with Gasteiger partial charge < -0.3 is 11.1 Å². The largest absolute Gasteiger partial charge is 0.349 e. The smallest absolute Gasteiger partial charge is 0.224 e. The first-order valence-electron chi connectivity index (χ1n) is 6.47. The van der Waals surface area contributed by atoms with Crippen molar-refractivity contribution in [3.05, 3.63) is 29.6 Å². The molecule has 0 spiro atoms. The molecular formula is C14H19FN2OS. The van der Waals surface area contributed by atoms with Crippen molar-refractivity contribution >= 4 is 17.7 Å². The van der Waals surface area contributed by atoms with Crippen molar-refractivity contribution in [3.8, 4) is 0 Å². The maximum Gasteiger partial charge on any atom is 0.224 e. The summed E-state index contributed by atoms with van der Waals surface area (Å²) < 4.78 is 13.4. The normalized spacial score (nSPS) is 21.4. The number of carbonyl (C=O) groups is 1. The molecule has 3 atom stereocenters. The topological polar surface area (TPSA) is 55.1 Å². The zero-order valence-corrected chi connectivity index (χ0v) is 12.0. The predicted molar refractivity (Wildman–Crippen MR) is 75.4 cm³/mol. The van der Waals surface area contributed by atoms with Gasteiger partial charge in [0.15, 0.2) is 0 Å². The van der Waals surface area contributed by atoms with Crippen LogP contribution in [0.3, 0.4) is 0 Å². The summed E-state index contributed by atoms with van der Waals surface area (Å²) >= 11 is 1.70. The Hall–Kier alpha value is -1.07. The number of halogens is 1. The molecule has 0 radical (unpaired) electrons. The van der Waals surface area contributed by atoms with Crippen molar-refractivity contribution in [2.24, 2.45) is 11.7 Å². The van der Waals surface area contributed by atoms with Gasteiger partial charge in [0.25, 0.3) is 0 Å². The first kappa shape index (κ1) is 14.3. The number of rotatable bonds is 3. The van der Waals surface area contributed by atoms with Crippen LogP contribution in [-0.4, -0.2) is 17.7 Å². The van der Waals surface area contributed by atoms with Gasteiger partial charge >= 0.3 is 0 Å². The molecule has 1 aliphatic heterocycles. The number of nitrogens with two attached hydrogens (primary N) is 1. The highest BCUT2D eigenvalue weighted by molar-refractivity contribution is 7.99. The Morgan fingerprint density at radius 2 is 2.26 bits per heavy atom. The third kappa shape index (κ3) is 3.28. The van der Waals surface area contributed by atoms with E-state index < -0.39 is 0 Å². The minimum atomic E-state index is -0.263. The van der Waals surface area contributed by atoms with Crippen molar-refractivity contribution in [2.75, 3.05) is 5.75 Å². The number of carbonyl (C=O) groups excluding carboxylic acids is 1. The fourth-order valence-electron chi connectivity index (χ4n) is 2.06. The van der Waals surface area contributed by atoms with Crippen LogP contribution in [0.5, 0.6) is 0 Å². The van der Waals surface area contributed by atoms with Gasteiger partial charge in [-0.2, -0.15) is 0 Å². The molecule has 1 aromatic carbocycles. The molecule has 3 nitrogen and oxygen atoms in total. The lowest BCUT2D eigenvalue weighted by Gasteiger charge is -2.27. The lowest BCUT2D eigenvalue weighted by molar-refractivity contribution is -0.125. The standard InChI is InChI=1S/C14H19FN2OS/c1-8(9(2)16)14(18)17-12-5-6-19-13-4-3-10(15)7-11(12)13/h3-4,7-9,12H,5-6,16H2,1-2H3,(H,17,18). The van der Waals surface area contributed by atoms with Gasteiger partial charge in [0, 0.05) is 22.6 Å². The number of hydrogen-bond acceptors (Lipinski definition) is 3. The number of thioether (sulfide) groups is 1. The van der Waals surface area contributed by atoms with Crippen LogP contribution in [0.1, 0.15) is 31.9 Å². The molecule has 104 valence electrons. The average molecular weight is 282 g/mol. The third-order valence-electron chi connectivity index (χ3n) is 3.53. The van der Waals surface area contributed by atoms with Gasteiger partial charge in [-0.25, -0.2) is 4.39 Å². The summed E-state index contributed by atoms with van der Waals surface area (Å²) in [5.74, 6) is 0.352. The number of amides is 1. The molecule has 0 aliphatic carbocycles. The average Bonchev–Trinajstić information content (AvgIpc) is 2.38. The molecule has 0 aromatic heterocycles. The summed E-state index contributed by atoms with van der Waals surface area (Å²) in [6, 6.07) is 4.46. The molecule has 0 saturated carbocycles. The molecule has 2 rings (SSSR count). The van der Waals surface area contributed by atoms with E-state index in [1.807, 2.05) is 13.8 Å². The van der Waals surface area contributed by atoms with Gasteiger partial charge in [-0.1, -0.05) is 6.92 Å². The van der Waals surface area contributed by atoms with Crippen LogP contribution in [-0.2, 0) is 4.79 Å². The summed E-state index contributed by atoms with van der Waals surface area (Å²) in [6.07, 6.45) is 0.818. The zero-order valence-electron chi connectivity index (χ0n) is 11.2. The van der Waals surface area contributed by atoms with Crippen LogP contribution in [0.4, 0.5) is 4.39 Å². The Kier molecular flexibility index (Phi) is 4.47. The molecule has 1 aromatic rings. The van der Waals surface area contributed by atoms with Gasteiger partial charge in [-0.15, -0.1) is 11.8 Å². The molecule has 1 amide bonds. The van der Waals surface area contributed by atoms with E-state index in [1.54, 1.807) is 17.8 Å². The highest BCUT2D eigenvalue weighted by Crippen LogP contribution is 2.36. The lowest BCUT2D eigenvalue weighted by Crippen LogP contribution is -2.40. The molecule has 0 bridgehead atoms. The summed E-state index contributed by atoms with van der Waals surface area (Å²) in [7, 11) is 0. The number of nitrogens with one attached hydrogen (secondary N) is 1. The van der Waals surface area contributed by atoms with E-state index in [9.17, 15) is 9.18 Å². The Labute approximate surface area is 117 Å². The predicted octanol–water partition coefficient (Wildman–Crippen LogP) is 2.46. The lowest BCUT2D eigenvalue weighted by atomic mass is 10.00. The minimum absolute atomic E-state index is 0.0675. The highest BCUT2D eigenvalue weighted by Gasteiger charge is 2.25. The SMILES string of the molecule is CC(N)C(C)C(=O)NC1CCSc2ccc(F)cc21. The fourth-order valence-corrected chi connectivity index (χ4v) is 3.16. The number of fused-ring (bicyclic) bond motifs is 1. The van der Waals surface area contributed by atoms with Crippen molar-refractivity contribution in [1.29, 1.82) is 0 Å². The summed E-state index contributed by atoms with van der Waals surface area (Å²) in [4.78, 5) is 13.1. The molecule has 3 unspecified atom stereocenters. The van der Waals surface area contributed by atoms with Gasteiger partial charge in [0.1, 0.15) is 5.82 Å². The first-order chi connectivity index (χ1) is 8.99. The van der Waals surface area contributed by atoms with Crippen LogP contribution >= 0.6 is 11.8 Å². The van der Waals surface area contributed by atoms with Crippen LogP contribution in [0.25, 0.3) is 0 Å². The van der Waals surface area contributed by atoms with E-state index in [0.29, 0.717) is 0 Å². The Morgan fingerprint density at radius 3 is 2.95 bits per heavy atom. The van der Waals surface area contributed by atoms with E-state index in [2.05, 4.69) is 5.32 Å². The van der Waals surface area contributed by atoms with Crippen molar-refractivity contribution in [1.82, 2.24) is 5.32 Å². The molecule has 1 heterocycles. The molecule has 5 heteroatoms. The zero-order chi connectivity index (χ0) is 14.0. The fraction of sp³-hybridized carbons (Fsp3) is 0.500. The second-order valence-electron chi connectivity index (χ2n) is 5.03. The van der Waals surface area contributed by atoms with E-state index in [-0.39, 0.29) is 29.7 Å². The van der Waals surface area contributed by atoms with Crippen molar-refractivity contribution in [3.63, 3.8) is 0 Å². The third-order valence-corrected chi connectivity index (χ3v) is 4.65. The van der Waals surface area contributed by atoms with Crippen LogP contribution in [0.2, 0.25) is 0 Å². The molecular weight excluding hydrogens is 263 g/mol. The molecule has 0 saturated heterocycles. The van der Waals surface area contributed by atoms with Crippen LogP contribution < -0.4 is 11.1 Å². The number of benzene rings is 1. The second-order valence-corrected chi connectivity index (χ2v) is 6.17. The van der Waals surface area contributed by atoms with Gasteiger partial charge in [0.2, 0.25) is 5.91 Å². The Bertz CT molecular complexity index is 479. The maximum atomic E-state index is 13.4. The molecule has 3 N–H and O–H groups in total. The van der Waals surface area contributed by atoms with Gasteiger partial charge in [-0.3, -0.25) is 4.79 Å². The summed E-state index contributed by atoms with van der Waals surface area (Å²) in [5.41, 5.74) is 6.61. The van der Waals surface area contributed by atoms with Gasteiger partial charge in [0.05, 0.1) is 6.04 Å². The minimum Gasteiger partial charge on any atom is -0.349 e. The molecule has 0 fully saturated rings. The highest BCUT2D eigenvalue weighted by atomic mass is 32.2. The Morgan fingerprint density at radius 1 is 1.53 bits per heavy atom. The van der Waals surface area contributed by atoms with Crippen molar-refractivity contribution < 1.29 is 9.18 Å². The maximum absolute atomic E-state index is 13.4. The van der Waals surface area contributed by atoms with E-state index >= 15 is 0 Å². The number of hydrogen-bond donors (Lipinski definition) is 2.